The number of rotatable bonds is 4. The van der Waals surface area contributed by atoms with Crippen LogP contribution in [0.1, 0.15) is 44.7 Å². The van der Waals surface area contributed by atoms with E-state index in [0.29, 0.717) is 0 Å². The molecular formula is C27H30N4. The molecule has 0 saturated heterocycles. The summed E-state index contributed by atoms with van der Waals surface area (Å²) in [6, 6.07) is 17.4. The van der Waals surface area contributed by atoms with E-state index in [9.17, 15) is 0 Å². The van der Waals surface area contributed by atoms with Crippen molar-refractivity contribution < 1.29 is 0 Å². The van der Waals surface area contributed by atoms with Crippen LogP contribution in [0.15, 0.2) is 73.6 Å². The van der Waals surface area contributed by atoms with Crippen LogP contribution >= 0.6 is 0 Å². The number of aryl methyl sites for hydroxylation is 1. The average Bonchev–Trinajstić information content (AvgIpc) is 3.16. The van der Waals surface area contributed by atoms with Gasteiger partial charge in [0.1, 0.15) is 6.17 Å². The highest BCUT2D eigenvalue weighted by molar-refractivity contribution is 5.87. The quantitative estimate of drug-likeness (QED) is 0.450. The van der Waals surface area contributed by atoms with Gasteiger partial charge >= 0.3 is 0 Å². The molecule has 0 amide bonds. The molecule has 0 bridgehead atoms. The number of anilines is 4. The summed E-state index contributed by atoms with van der Waals surface area (Å²) in [5, 5.41) is 0. The van der Waals surface area contributed by atoms with E-state index in [1.807, 2.05) is 0 Å². The highest BCUT2D eigenvalue weighted by Gasteiger charge is 2.61. The average molecular weight is 411 g/mol. The van der Waals surface area contributed by atoms with Gasteiger partial charge in [-0.05, 0) is 43.0 Å². The highest BCUT2D eigenvalue weighted by Crippen LogP contribution is 2.64. The Morgan fingerprint density at radius 1 is 0.903 bits per heavy atom. The van der Waals surface area contributed by atoms with Crippen LogP contribution in [0.25, 0.3) is 0 Å². The largest absolute Gasteiger partial charge is 0.301 e. The van der Waals surface area contributed by atoms with Crippen molar-refractivity contribution >= 4 is 23.0 Å². The molecule has 158 valence electrons. The Kier molecular flexibility index (Phi) is 4.44. The van der Waals surface area contributed by atoms with Gasteiger partial charge in [-0.3, -0.25) is 0 Å². The Balaban J connectivity index is 1.89. The molecule has 31 heavy (non-hydrogen) atoms. The molecule has 5 rings (SSSR count). The Morgan fingerprint density at radius 3 is 2.06 bits per heavy atom. The first-order valence-electron chi connectivity index (χ1n) is 11.2. The molecule has 4 heteroatoms. The van der Waals surface area contributed by atoms with Gasteiger partial charge in [0, 0.05) is 34.6 Å². The van der Waals surface area contributed by atoms with Gasteiger partial charge in [0.25, 0.3) is 0 Å². The lowest BCUT2D eigenvalue weighted by Crippen LogP contribution is -2.62. The van der Waals surface area contributed by atoms with Gasteiger partial charge < -0.3 is 9.80 Å². The molecular weight excluding hydrogens is 380 g/mol. The van der Waals surface area contributed by atoms with E-state index in [-0.39, 0.29) is 17.0 Å². The first kappa shape index (κ1) is 19.8. The Labute approximate surface area is 185 Å². The van der Waals surface area contributed by atoms with E-state index >= 15 is 0 Å². The number of benzene rings is 2. The van der Waals surface area contributed by atoms with Gasteiger partial charge in [-0.15, -0.1) is 6.58 Å². The highest BCUT2D eigenvalue weighted by atomic mass is 15.5. The summed E-state index contributed by atoms with van der Waals surface area (Å²) in [6.07, 6.45) is 7.84. The van der Waals surface area contributed by atoms with Gasteiger partial charge in [0.2, 0.25) is 0 Å². The molecule has 3 atom stereocenters. The molecule has 0 aliphatic carbocycles. The molecule has 2 aliphatic heterocycles. The molecule has 1 aromatic heterocycles. The maximum absolute atomic E-state index is 4.85. The van der Waals surface area contributed by atoms with Crippen LogP contribution < -0.4 is 9.80 Å². The second-order valence-corrected chi connectivity index (χ2v) is 8.92. The van der Waals surface area contributed by atoms with Crippen molar-refractivity contribution in [1.82, 2.24) is 9.97 Å². The van der Waals surface area contributed by atoms with Crippen molar-refractivity contribution in [3.8, 4) is 0 Å². The van der Waals surface area contributed by atoms with Gasteiger partial charge in [-0.25, -0.2) is 9.97 Å². The van der Waals surface area contributed by atoms with Crippen molar-refractivity contribution in [3.05, 3.63) is 84.7 Å². The van der Waals surface area contributed by atoms with Crippen LogP contribution in [-0.4, -0.2) is 16.1 Å². The van der Waals surface area contributed by atoms with E-state index < -0.39 is 0 Å². The third kappa shape index (κ3) is 2.36. The van der Waals surface area contributed by atoms with E-state index in [2.05, 4.69) is 98.7 Å². The smallest absolute Gasteiger partial charge is 0.178 e. The summed E-state index contributed by atoms with van der Waals surface area (Å²) in [5.74, 6) is 1.85. The normalized spacial score (nSPS) is 26.3. The molecule has 3 aromatic rings. The maximum atomic E-state index is 4.85. The van der Waals surface area contributed by atoms with Crippen molar-refractivity contribution in [2.75, 3.05) is 9.80 Å². The zero-order chi connectivity index (χ0) is 21.8. The van der Waals surface area contributed by atoms with E-state index in [1.165, 1.54) is 22.5 Å². The predicted octanol–water partition coefficient (Wildman–Crippen LogP) is 6.66. The molecule has 0 spiro atoms. The summed E-state index contributed by atoms with van der Waals surface area (Å²) < 4.78 is 0. The number of fused-ring (bicyclic) bond motifs is 5. The Morgan fingerprint density at radius 2 is 1.48 bits per heavy atom. The van der Waals surface area contributed by atoms with Crippen LogP contribution in [-0.2, 0) is 5.41 Å². The fourth-order valence-electron chi connectivity index (χ4n) is 6.08. The summed E-state index contributed by atoms with van der Waals surface area (Å²) >= 11 is 0. The van der Waals surface area contributed by atoms with Crippen molar-refractivity contribution in [3.63, 3.8) is 0 Å². The molecule has 2 aromatic carbocycles. The van der Waals surface area contributed by atoms with Crippen LogP contribution in [0, 0.1) is 12.3 Å². The lowest BCUT2D eigenvalue weighted by Gasteiger charge is -2.59. The molecule has 0 radical (unpaired) electrons. The summed E-state index contributed by atoms with van der Waals surface area (Å²) in [5.41, 5.74) is 4.67. The van der Waals surface area contributed by atoms with Crippen molar-refractivity contribution in [1.29, 1.82) is 0 Å². The fraction of sp³-hybridized carbons (Fsp3) is 0.333. The second kappa shape index (κ2) is 6.94. The maximum Gasteiger partial charge on any atom is 0.178 e. The Hall–Kier alpha value is -3.14. The van der Waals surface area contributed by atoms with E-state index in [4.69, 9.17) is 9.97 Å². The molecule has 2 aliphatic rings. The molecule has 4 nitrogen and oxygen atoms in total. The fourth-order valence-corrected chi connectivity index (χ4v) is 6.08. The number of nitrogens with zero attached hydrogens (tertiary/aromatic N) is 4. The number of hydrogen-bond donors (Lipinski definition) is 0. The topological polar surface area (TPSA) is 32.3 Å². The molecule has 3 heterocycles. The zero-order valence-electron chi connectivity index (χ0n) is 18.8. The summed E-state index contributed by atoms with van der Waals surface area (Å²) in [6.45, 7) is 13.6. The van der Waals surface area contributed by atoms with E-state index in [1.54, 1.807) is 12.4 Å². The van der Waals surface area contributed by atoms with Crippen molar-refractivity contribution in [2.45, 2.75) is 52.1 Å². The second-order valence-electron chi connectivity index (χ2n) is 8.92. The first-order valence-corrected chi connectivity index (χ1v) is 11.2. The SMILES string of the molecule is C=CC1(CC)c2ccccc2N2c3nccnc3N(c3ccccc3C)C2C1(C)CC. The first-order chi connectivity index (χ1) is 15.0. The van der Waals surface area contributed by atoms with Gasteiger partial charge in [-0.1, -0.05) is 63.2 Å². The minimum absolute atomic E-state index is 0.0452. The van der Waals surface area contributed by atoms with Crippen LogP contribution in [0.2, 0.25) is 0 Å². The third-order valence-electron chi connectivity index (χ3n) is 7.85. The molecule has 0 saturated carbocycles. The Bertz CT molecular complexity index is 1160. The predicted molar refractivity (Wildman–Crippen MR) is 128 cm³/mol. The molecule has 3 unspecified atom stereocenters. The van der Waals surface area contributed by atoms with Crippen LogP contribution in [0.4, 0.5) is 23.0 Å². The third-order valence-corrected chi connectivity index (χ3v) is 7.85. The number of para-hydroxylation sites is 2. The lowest BCUT2D eigenvalue weighted by molar-refractivity contribution is 0.120. The summed E-state index contributed by atoms with van der Waals surface area (Å²) in [7, 11) is 0. The minimum Gasteiger partial charge on any atom is -0.301 e. The number of aromatic nitrogens is 2. The van der Waals surface area contributed by atoms with Gasteiger partial charge in [-0.2, -0.15) is 0 Å². The summed E-state index contributed by atoms with van der Waals surface area (Å²) in [4.78, 5) is 14.5. The monoisotopic (exact) mass is 410 g/mol. The minimum atomic E-state index is -0.164. The van der Waals surface area contributed by atoms with Crippen LogP contribution in [0.5, 0.6) is 0 Å². The number of hydrogen-bond acceptors (Lipinski definition) is 4. The van der Waals surface area contributed by atoms with Crippen LogP contribution in [0.3, 0.4) is 0 Å². The van der Waals surface area contributed by atoms with Gasteiger partial charge in [0.15, 0.2) is 11.6 Å². The zero-order valence-corrected chi connectivity index (χ0v) is 18.8. The molecule has 0 fully saturated rings. The van der Waals surface area contributed by atoms with Gasteiger partial charge in [0.05, 0.1) is 0 Å². The van der Waals surface area contributed by atoms with Crippen molar-refractivity contribution in [2.24, 2.45) is 5.41 Å². The number of allylic oxidation sites excluding steroid dienone is 1. The van der Waals surface area contributed by atoms with E-state index in [0.717, 1.165) is 24.5 Å². The lowest BCUT2D eigenvalue weighted by atomic mass is 9.54. The standard InChI is InChI=1S/C27H30N4/c1-6-26(5)25-30(21-15-11-9-13-19(21)4)23-24(29-18-17-28-23)31(25)22-16-12-10-14-20(22)27(26,7-2)8-3/h7,9-18,25H,2,6,8H2,1,3-5H3. The molecule has 0 N–H and O–H groups in total.